The van der Waals surface area contributed by atoms with Gasteiger partial charge in [0.1, 0.15) is 16.5 Å². The zero-order valence-corrected chi connectivity index (χ0v) is 17.3. The molecule has 2 heterocycles. The average molecular weight is 418 g/mol. The van der Waals surface area contributed by atoms with Crippen LogP contribution in [0.2, 0.25) is 0 Å². The summed E-state index contributed by atoms with van der Waals surface area (Å²) in [6.07, 6.45) is 3.13. The van der Waals surface area contributed by atoms with Crippen LogP contribution in [0.5, 0.6) is 5.75 Å². The summed E-state index contributed by atoms with van der Waals surface area (Å²) in [7, 11) is 1.64. The van der Waals surface area contributed by atoms with Gasteiger partial charge in [-0.3, -0.25) is 4.79 Å². The molecule has 0 bridgehead atoms. The molecule has 8 heteroatoms. The second-order valence-electron chi connectivity index (χ2n) is 6.19. The molecule has 0 aliphatic carbocycles. The Kier molecular flexibility index (Phi) is 8.83. The highest BCUT2D eigenvalue weighted by molar-refractivity contribution is 7.13. The maximum Gasteiger partial charge on any atom is 0.273 e. The van der Waals surface area contributed by atoms with Crippen LogP contribution in [0.25, 0.3) is 10.6 Å². The van der Waals surface area contributed by atoms with Crippen LogP contribution in [0.4, 0.5) is 0 Å². The first-order valence-electron chi connectivity index (χ1n) is 8.26. The second-order valence-corrected chi connectivity index (χ2v) is 7.05. The summed E-state index contributed by atoms with van der Waals surface area (Å²) in [4.78, 5) is 19.3. The summed E-state index contributed by atoms with van der Waals surface area (Å²) in [5, 5.41) is 2.68. The lowest BCUT2D eigenvalue weighted by Crippen LogP contribution is -2.51. The van der Waals surface area contributed by atoms with Crippen molar-refractivity contribution >= 4 is 42.1 Å². The number of carbonyl (C=O) groups is 1. The van der Waals surface area contributed by atoms with Gasteiger partial charge < -0.3 is 15.4 Å². The van der Waals surface area contributed by atoms with Gasteiger partial charge >= 0.3 is 0 Å². The predicted molar refractivity (Wildman–Crippen MR) is 111 cm³/mol. The number of hydrogen-bond acceptors (Lipinski definition) is 5. The van der Waals surface area contributed by atoms with Gasteiger partial charge in [0, 0.05) is 29.6 Å². The standard InChI is InChI=1S/C18H23N3O2S.2ClH/c1-12(19)16-5-3-4-10-21(16)18(22)15-11-24-17(20-15)13-6-8-14(23-2)9-7-13;;/h6-9,11-12,16H,3-5,10,19H2,1-2H3;2*1H. The van der Waals surface area contributed by atoms with Gasteiger partial charge in [0.05, 0.1) is 7.11 Å². The lowest BCUT2D eigenvalue weighted by Gasteiger charge is -2.37. The first-order valence-corrected chi connectivity index (χ1v) is 9.14. The molecule has 144 valence electrons. The van der Waals surface area contributed by atoms with Gasteiger partial charge in [-0.2, -0.15) is 0 Å². The van der Waals surface area contributed by atoms with Crippen molar-refractivity contribution in [3.05, 3.63) is 35.3 Å². The van der Waals surface area contributed by atoms with E-state index in [1.165, 1.54) is 11.3 Å². The third-order valence-electron chi connectivity index (χ3n) is 4.48. The molecular weight excluding hydrogens is 393 g/mol. The van der Waals surface area contributed by atoms with Gasteiger partial charge in [-0.1, -0.05) is 0 Å². The number of ether oxygens (including phenoxy) is 1. The number of benzene rings is 1. The molecule has 3 rings (SSSR count). The number of methoxy groups -OCH3 is 1. The molecule has 0 radical (unpaired) electrons. The number of nitrogens with zero attached hydrogens (tertiary/aromatic N) is 2. The van der Waals surface area contributed by atoms with Crippen molar-refractivity contribution in [1.29, 1.82) is 0 Å². The second kappa shape index (κ2) is 10.1. The van der Waals surface area contributed by atoms with E-state index in [4.69, 9.17) is 10.5 Å². The molecule has 1 aromatic heterocycles. The fourth-order valence-electron chi connectivity index (χ4n) is 3.14. The van der Waals surface area contributed by atoms with E-state index < -0.39 is 0 Å². The maximum atomic E-state index is 12.9. The van der Waals surface area contributed by atoms with Crippen LogP contribution < -0.4 is 10.5 Å². The van der Waals surface area contributed by atoms with Gasteiger partial charge in [0.25, 0.3) is 5.91 Å². The van der Waals surface area contributed by atoms with E-state index in [-0.39, 0.29) is 42.8 Å². The molecular formula is C18H25Cl2N3O2S. The Morgan fingerprint density at radius 1 is 1.31 bits per heavy atom. The lowest BCUT2D eigenvalue weighted by atomic mass is 9.96. The largest absolute Gasteiger partial charge is 0.497 e. The summed E-state index contributed by atoms with van der Waals surface area (Å²) < 4.78 is 5.17. The fraction of sp³-hybridized carbons (Fsp3) is 0.444. The van der Waals surface area contributed by atoms with Crippen molar-refractivity contribution in [1.82, 2.24) is 9.88 Å². The summed E-state index contributed by atoms with van der Waals surface area (Å²) >= 11 is 1.49. The highest BCUT2D eigenvalue weighted by Crippen LogP contribution is 2.27. The number of rotatable bonds is 4. The van der Waals surface area contributed by atoms with Crippen molar-refractivity contribution in [2.45, 2.75) is 38.3 Å². The first-order chi connectivity index (χ1) is 11.6. The topological polar surface area (TPSA) is 68.5 Å². The van der Waals surface area contributed by atoms with Crippen LogP contribution in [0.1, 0.15) is 36.7 Å². The Labute approximate surface area is 170 Å². The summed E-state index contributed by atoms with van der Waals surface area (Å²) in [5.41, 5.74) is 7.57. The molecule has 2 unspecified atom stereocenters. The zero-order valence-electron chi connectivity index (χ0n) is 14.9. The molecule has 1 amide bonds. The monoisotopic (exact) mass is 417 g/mol. The van der Waals surface area contributed by atoms with Crippen LogP contribution in [-0.4, -0.2) is 41.5 Å². The molecule has 1 aromatic carbocycles. The first kappa shape index (κ1) is 22.7. The van der Waals surface area contributed by atoms with Gasteiger partial charge in [0.15, 0.2) is 0 Å². The molecule has 0 spiro atoms. The van der Waals surface area contributed by atoms with Gasteiger partial charge in [0.2, 0.25) is 0 Å². The van der Waals surface area contributed by atoms with Gasteiger partial charge in [-0.05, 0) is 50.5 Å². The smallest absolute Gasteiger partial charge is 0.273 e. The number of amides is 1. The Balaban J connectivity index is 0.00000169. The third kappa shape index (κ3) is 4.88. The van der Waals surface area contributed by atoms with E-state index in [1.807, 2.05) is 41.5 Å². The number of aromatic nitrogens is 1. The molecule has 1 aliphatic heterocycles. The minimum absolute atomic E-state index is 0. The van der Waals surface area contributed by atoms with Crippen LogP contribution in [0.15, 0.2) is 29.6 Å². The van der Waals surface area contributed by atoms with E-state index in [2.05, 4.69) is 4.98 Å². The van der Waals surface area contributed by atoms with Crippen LogP contribution in [0.3, 0.4) is 0 Å². The number of piperidine rings is 1. The Bertz CT molecular complexity index is 707. The zero-order chi connectivity index (χ0) is 17.1. The van der Waals surface area contributed by atoms with Crippen molar-refractivity contribution in [2.24, 2.45) is 5.73 Å². The molecule has 1 aliphatic rings. The lowest BCUT2D eigenvalue weighted by molar-refractivity contribution is 0.0578. The predicted octanol–water partition coefficient (Wildman–Crippen LogP) is 4.00. The molecule has 1 saturated heterocycles. The number of thiazole rings is 1. The number of likely N-dealkylation sites (tertiary alicyclic amines) is 1. The number of halogens is 2. The number of carbonyl (C=O) groups excluding carboxylic acids is 1. The van der Waals surface area contributed by atoms with E-state index in [0.29, 0.717) is 5.69 Å². The van der Waals surface area contributed by atoms with E-state index >= 15 is 0 Å². The summed E-state index contributed by atoms with van der Waals surface area (Å²) in [6, 6.07) is 7.80. The van der Waals surface area contributed by atoms with Crippen molar-refractivity contribution in [3.8, 4) is 16.3 Å². The van der Waals surface area contributed by atoms with E-state index in [1.54, 1.807) is 7.11 Å². The molecule has 1 fully saturated rings. The van der Waals surface area contributed by atoms with Crippen molar-refractivity contribution < 1.29 is 9.53 Å². The Morgan fingerprint density at radius 2 is 2.00 bits per heavy atom. The number of nitrogens with two attached hydrogens (primary N) is 1. The van der Waals surface area contributed by atoms with Crippen molar-refractivity contribution in [3.63, 3.8) is 0 Å². The molecule has 2 atom stereocenters. The quantitative estimate of drug-likeness (QED) is 0.815. The molecule has 0 saturated carbocycles. The van der Waals surface area contributed by atoms with Crippen LogP contribution in [0, 0.1) is 0 Å². The molecule has 5 nitrogen and oxygen atoms in total. The fourth-order valence-corrected chi connectivity index (χ4v) is 3.94. The Hall–Kier alpha value is -1.34. The summed E-state index contributed by atoms with van der Waals surface area (Å²) in [6.45, 7) is 2.74. The molecule has 2 aromatic rings. The normalized spacial score (nSPS) is 17.7. The maximum absolute atomic E-state index is 12.9. The van der Waals surface area contributed by atoms with Gasteiger partial charge in [-0.25, -0.2) is 4.98 Å². The van der Waals surface area contributed by atoms with Crippen LogP contribution in [-0.2, 0) is 0 Å². The van der Waals surface area contributed by atoms with E-state index in [0.717, 1.165) is 42.1 Å². The average Bonchev–Trinajstić information content (AvgIpc) is 3.11. The SMILES string of the molecule is COc1ccc(-c2nc(C(=O)N3CCCCC3C(C)N)cs2)cc1.Cl.Cl. The highest BCUT2D eigenvalue weighted by atomic mass is 35.5. The number of hydrogen-bond donors (Lipinski definition) is 1. The van der Waals surface area contributed by atoms with Crippen molar-refractivity contribution in [2.75, 3.05) is 13.7 Å². The summed E-state index contributed by atoms with van der Waals surface area (Å²) in [5.74, 6) is 0.799. The molecule has 26 heavy (non-hydrogen) atoms. The Morgan fingerprint density at radius 3 is 2.62 bits per heavy atom. The van der Waals surface area contributed by atoms with Gasteiger partial charge in [-0.15, -0.1) is 36.2 Å². The highest BCUT2D eigenvalue weighted by Gasteiger charge is 2.30. The van der Waals surface area contributed by atoms with Crippen LogP contribution >= 0.6 is 36.2 Å². The minimum atomic E-state index is -0.0195. The molecule has 2 N–H and O–H groups in total. The third-order valence-corrected chi connectivity index (χ3v) is 5.37. The van der Waals surface area contributed by atoms with E-state index in [9.17, 15) is 4.79 Å². The minimum Gasteiger partial charge on any atom is -0.497 e.